The Kier molecular flexibility index (Phi) is 6.51. The fourth-order valence-electron chi connectivity index (χ4n) is 5.88. The third-order valence-corrected chi connectivity index (χ3v) is 7.88. The first-order valence-corrected chi connectivity index (χ1v) is 13.4. The van der Waals surface area contributed by atoms with Gasteiger partial charge in [-0.2, -0.15) is 10.5 Å². The maximum atomic E-state index is 10.0. The van der Waals surface area contributed by atoms with E-state index in [9.17, 15) is 10.5 Å². The lowest BCUT2D eigenvalue weighted by Crippen LogP contribution is -1.86. The van der Waals surface area contributed by atoms with Crippen LogP contribution in [-0.4, -0.2) is 19.9 Å². The first kappa shape index (κ1) is 25.2. The third-order valence-electron chi connectivity index (χ3n) is 7.88. The Labute approximate surface area is 223 Å². The van der Waals surface area contributed by atoms with Crippen LogP contribution < -0.4 is 0 Å². The van der Waals surface area contributed by atoms with Crippen LogP contribution in [0.1, 0.15) is 99.4 Å². The Morgan fingerprint density at radius 2 is 0.947 bits per heavy atom. The van der Waals surface area contributed by atoms with E-state index in [1.54, 1.807) is 0 Å². The van der Waals surface area contributed by atoms with Crippen LogP contribution >= 0.6 is 0 Å². The normalized spacial score (nSPS) is 13.2. The van der Waals surface area contributed by atoms with E-state index in [0.29, 0.717) is 22.2 Å². The molecule has 0 saturated heterocycles. The SMILES string of the molecule is CCC1=C(C)c2cc3[nH]c(cc4nc(cc5[nH]c(cc1n2)c(C#N)c5C#N)C(CC)=C4C)c(CC)c3CC. The molecule has 8 bridgehead atoms. The van der Waals surface area contributed by atoms with Gasteiger partial charge in [0.2, 0.25) is 0 Å². The van der Waals surface area contributed by atoms with Crippen LogP contribution in [0.2, 0.25) is 0 Å². The molecule has 0 amide bonds. The fraction of sp³-hybridized carbons (Fsp3) is 0.312. The maximum absolute atomic E-state index is 10.0. The van der Waals surface area contributed by atoms with Gasteiger partial charge in [0.15, 0.2) is 0 Å². The molecule has 0 aromatic carbocycles. The van der Waals surface area contributed by atoms with E-state index in [1.807, 2.05) is 12.1 Å². The van der Waals surface area contributed by atoms with Crippen molar-refractivity contribution in [2.24, 2.45) is 0 Å². The molecule has 2 aliphatic rings. The predicted molar refractivity (Wildman–Crippen MR) is 155 cm³/mol. The molecule has 6 heteroatoms. The molecular formula is C32H32N6. The molecule has 3 aromatic rings. The summed E-state index contributed by atoms with van der Waals surface area (Å²) in [6, 6.07) is 12.6. The Bertz CT molecular complexity index is 1670. The molecule has 5 heterocycles. The van der Waals surface area contributed by atoms with E-state index < -0.39 is 0 Å². The van der Waals surface area contributed by atoms with Crippen LogP contribution in [0.3, 0.4) is 0 Å². The molecule has 2 N–H and O–H groups in total. The summed E-state index contributed by atoms with van der Waals surface area (Å²) < 4.78 is 0. The van der Waals surface area contributed by atoms with Crippen molar-refractivity contribution in [1.82, 2.24) is 19.9 Å². The molecule has 6 nitrogen and oxygen atoms in total. The van der Waals surface area contributed by atoms with Crippen molar-refractivity contribution in [3.63, 3.8) is 0 Å². The molecule has 3 aromatic heterocycles. The first-order valence-electron chi connectivity index (χ1n) is 13.4. The van der Waals surface area contributed by atoms with Gasteiger partial charge in [-0.15, -0.1) is 0 Å². The number of aromatic nitrogens is 4. The molecule has 0 radical (unpaired) electrons. The topological polar surface area (TPSA) is 105 Å². The lowest BCUT2D eigenvalue weighted by Gasteiger charge is -2.00. The highest BCUT2D eigenvalue weighted by Crippen LogP contribution is 2.36. The zero-order valence-electron chi connectivity index (χ0n) is 22.9. The van der Waals surface area contributed by atoms with Gasteiger partial charge in [-0.25, -0.2) is 9.97 Å². The zero-order chi connectivity index (χ0) is 27.1. The fourth-order valence-corrected chi connectivity index (χ4v) is 5.88. The summed E-state index contributed by atoms with van der Waals surface area (Å²) in [4.78, 5) is 17.1. The van der Waals surface area contributed by atoms with Crippen molar-refractivity contribution in [2.75, 3.05) is 0 Å². The van der Waals surface area contributed by atoms with Crippen LogP contribution in [0.4, 0.5) is 0 Å². The first-order chi connectivity index (χ1) is 18.4. The molecule has 5 rings (SSSR count). The van der Waals surface area contributed by atoms with Crippen molar-refractivity contribution < 1.29 is 0 Å². The average Bonchev–Trinajstić information content (AvgIpc) is 3.60. The minimum atomic E-state index is 0.332. The van der Waals surface area contributed by atoms with Crippen LogP contribution in [0.5, 0.6) is 0 Å². The molecule has 190 valence electrons. The van der Waals surface area contributed by atoms with Crippen molar-refractivity contribution in [2.45, 2.75) is 67.2 Å². The summed E-state index contributed by atoms with van der Waals surface area (Å²) in [6.45, 7) is 12.8. The molecule has 0 aliphatic carbocycles. The summed E-state index contributed by atoms with van der Waals surface area (Å²) >= 11 is 0. The molecule has 38 heavy (non-hydrogen) atoms. The Hall–Kier alpha value is -4.42. The maximum Gasteiger partial charge on any atom is 0.103 e. The highest BCUT2D eigenvalue weighted by Gasteiger charge is 2.20. The largest absolute Gasteiger partial charge is 0.355 e. The standard InChI is InChI=1S/C32H32N6/c1-7-19-17(5)25-11-29-21(9-3)22(10-4)30(37-29)12-26-18(6)20(8-2)28(36-26)14-32-24(16-34)23(15-33)31(38-32)13-27(19)35-25/h11-14,37-38H,7-10H2,1-6H3. The number of aryl methyl sites for hydroxylation is 2. The number of hydrogen-bond acceptors (Lipinski definition) is 4. The van der Waals surface area contributed by atoms with Crippen LogP contribution in [0.15, 0.2) is 24.3 Å². The van der Waals surface area contributed by atoms with Gasteiger partial charge >= 0.3 is 0 Å². The lowest BCUT2D eigenvalue weighted by molar-refractivity contribution is 1.07. The van der Waals surface area contributed by atoms with Crippen molar-refractivity contribution in [3.8, 4) is 12.1 Å². The van der Waals surface area contributed by atoms with Crippen LogP contribution in [0, 0.1) is 22.7 Å². The van der Waals surface area contributed by atoms with E-state index in [1.165, 1.54) is 11.1 Å². The van der Waals surface area contributed by atoms with Crippen molar-refractivity contribution in [1.29, 1.82) is 10.5 Å². The van der Waals surface area contributed by atoms with Gasteiger partial charge in [-0.05, 0) is 97.2 Å². The third kappa shape index (κ3) is 3.85. The molecule has 0 spiro atoms. The Balaban J connectivity index is 2.04. The number of H-pyrrole nitrogens is 2. The van der Waals surface area contributed by atoms with Gasteiger partial charge in [-0.3, -0.25) is 0 Å². The summed E-state index contributed by atoms with van der Waals surface area (Å²) in [5.74, 6) is 0. The van der Waals surface area contributed by atoms with Gasteiger partial charge in [0.1, 0.15) is 12.1 Å². The smallest absolute Gasteiger partial charge is 0.103 e. The van der Waals surface area contributed by atoms with E-state index >= 15 is 0 Å². The van der Waals surface area contributed by atoms with Gasteiger partial charge in [0.25, 0.3) is 0 Å². The number of aromatic amines is 2. The van der Waals surface area contributed by atoms with E-state index in [0.717, 1.165) is 81.8 Å². The minimum absolute atomic E-state index is 0.332. The number of nitrogens with one attached hydrogen (secondary N) is 2. The Morgan fingerprint density at radius 3 is 1.29 bits per heavy atom. The van der Waals surface area contributed by atoms with E-state index in [2.05, 4.69) is 75.8 Å². The summed E-state index contributed by atoms with van der Waals surface area (Å²) in [6.07, 6.45) is 3.46. The van der Waals surface area contributed by atoms with E-state index in [4.69, 9.17) is 9.97 Å². The monoisotopic (exact) mass is 500 g/mol. The molecule has 0 atom stereocenters. The number of nitrogens with zero attached hydrogens (tertiary/aromatic N) is 4. The van der Waals surface area contributed by atoms with Crippen molar-refractivity contribution >= 4 is 44.4 Å². The quantitative estimate of drug-likeness (QED) is 0.380. The number of rotatable bonds is 4. The molecule has 0 unspecified atom stereocenters. The van der Waals surface area contributed by atoms with Gasteiger partial charge in [0, 0.05) is 11.0 Å². The second kappa shape index (κ2) is 9.80. The zero-order valence-corrected chi connectivity index (χ0v) is 22.9. The van der Waals surface area contributed by atoms with Gasteiger partial charge in [-0.1, -0.05) is 27.7 Å². The van der Waals surface area contributed by atoms with Gasteiger partial charge < -0.3 is 9.97 Å². The number of allylic oxidation sites excluding steroid dienone is 4. The summed E-state index contributed by atoms with van der Waals surface area (Å²) in [5.41, 5.74) is 14.6. The average molecular weight is 501 g/mol. The predicted octanol–water partition coefficient (Wildman–Crippen LogP) is 7.86. The second-order valence-corrected chi connectivity index (χ2v) is 9.80. The summed E-state index contributed by atoms with van der Waals surface area (Å²) in [5, 5.41) is 20.0. The number of nitriles is 2. The van der Waals surface area contributed by atoms with E-state index in [-0.39, 0.29) is 0 Å². The van der Waals surface area contributed by atoms with Crippen molar-refractivity contribution in [3.05, 3.63) is 69.3 Å². The van der Waals surface area contributed by atoms with Crippen LogP contribution in [-0.2, 0) is 12.8 Å². The molecule has 0 saturated carbocycles. The highest BCUT2D eigenvalue weighted by atomic mass is 14.8. The molecule has 2 aliphatic heterocycles. The minimum Gasteiger partial charge on any atom is -0.355 e. The number of fused-ring (bicyclic) bond motifs is 8. The lowest BCUT2D eigenvalue weighted by atomic mass is 10.0. The highest BCUT2D eigenvalue weighted by molar-refractivity contribution is 5.95. The van der Waals surface area contributed by atoms with Crippen LogP contribution in [0.25, 0.3) is 44.4 Å². The number of hydrogen-bond donors (Lipinski definition) is 2. The summed E-state index contributed by atoms with van der Waals surface area (Å²) in [7, 11) is 0. The molecular weight excluding hydrogens is 468 g/mol. The second-order valence-electron chi connectivity index (χ2n) is 9.80. The Morgan fingerprint density at radius 1 is 0.579 bits per heavy atom. The molecule has 0 fully saturated rings. The van der Waals surface area contributed by atoms with Gasteiger partial charge in [0.05, 0.1) is 44.9 Å².